The van der Waals surface area contributed by atoms with Crippen LogP contribution in [0.25, 0.3) is 0 Å². The second kappa shape index (κ2) is 8.15. The number of carbonyl (C=O) groups is 1. The van der Waals surface area contributed by atoms with Gasteiger partial charge in [0.1, 0.15) is 5.82 Å². The molecule has 1 heterocycles. The molecule has 1 saturated heterocycles. The number of halogens is 1. The molecule has 2 rings (SSSR count). The van der Waals surface area contributed by atoms with E-state index < -0.39 is 0 Å². The monoisotopic (exact) mass is 335 g/mol. The van der Waals surface area contributed by atoms with Crippen molar-refractivity contribution in [2.24, 2.45) is 0 Å². The minimum Gasteiger partial charge on any atom is -0.377 e. The summed E-state index contributed by atoms with van der Waals surface area (Å²) < 4.78 is 19.2. The number of benzene rings is 1. The Hall–Kier alpha value is -2.08. The molecule has 0 spiro atoms. The molecule has 0 bridgehead atoms. The molecule has 6 heteroatoms. The van der Waals surface area contributed by atoms with Crippen LogP contribution in [0.4, 0.5) is 14.9 Å². The van der Waals surface area contributed by atoms with Gasteiger partial charge >= 0.3 is 6.03 Å². The molecule has 0 aromatic heterocycles. The van der Waals surface area contributed by atoms with Crippen LogP contribution in [0.15, 0.2) is 30.9 Å². The van der Waals surface area contributed by atoms with E-state index in [0.717, 1.165) is 24.1 Å². The number of ether oxygens (including phenoxy) is 1. The fraction of sp³-hybridized carbons (Fsp3) is 0.500. The van der Waals surface area contributed by atoms with E-state index in [1.807, 2.05) is 25.9 Å². The number of rotatable bonds is 5. The van der Waals surface area contributed by atoms with Crippen molar-refractivity contribution in [1.82, 2.24) is 10.6 Å². The van der Waals surface area contributed by atoms with Crippen molar-refractivity contribution in [3.8, 4) is 0 Å². The van der Waals surface area contributed by atoms with Gasteiger partial charge in [-0.25, -0.2) is 9.18 Å². The van der Waals surface area contributed by atoms with E-state index in [2.05, 4.69) is 17.2 Å². The Morgan fingerprint density at radius 2 is 2.25 bits per heavy atom. The number of hydrogen-bond donors (Lipinski definition) is 2. The summed E-state index contributed by atoms with van der Waals surface area (Å²) in [4.78, 5) is 14.2. The molecule has 3 atom stereocenters. The molecule has 5 nitrogen and oxygen atoms in total. The van der Waals surface area contributed by atoms with Crippen molar-refractivity contribution >= 4 is 11.7 Å². The smallest absolute Gasteiger partial charge is 0.315 e. The van der Waals surface area contributed by atoms with Gasteiger partial charge in [-0.2, -0.15) is 0 Å². The van der Waals surface area contributed by atoms with E-state index >= 15 is 0 Å². The minimum absolute atomic E-state index is 0.0933. The summed E-state index contributed by atoms with van der Waals surface area (Å²) in [7, 11) is 3.77. The quantitative estimate of drug-likeness (QED) is 0.814. The van der Waals surface area contributed by atoms with Gasteiger partial charge in [0.05, 0.1) is 18.2 Å². The third-order valence-electron chi connectivity index (χ3n) is 4.20. The van der Waals surface area contributed by atoms with Crippen LogP contribution >= 0.6 is 0 Å². The van der Waals surface area contributed by atoms with Crippen LogP contribution in [0.3, 0.4) is 0 Å². The highest BCUT2D eigenvalue weighted by molar-refractivity contribution is 5.75. The van der Waals surface area contributed by atoms with E-state index in [1.54, 1.807) is 12.1 Å². The largest absolute Gasteiger partial charge is 0.377 e. The molecule has 1 aliphatic heterocycles. The van der Waals surface area contributed by atoms with Crippen LogP contribution < -0.4 is 15.5 Å². The molecule has 2 amide bonds. The number of urea groups is 1. The van der Waals surface area contributed by atoms with Gasteiger partial charge in [0.15, 0.2) is 0 Å². The van der Waals surface area contributed by atoms with Gasteiger partial charge in [-0.1, -0.05) is 6.08 Å². The molecule has 0 radical (unpaired) electrons. The molecular formula is C18H26FN3O2. The van der Waals surface area contributed by atoms with Gasteiger partial charge < -0.3 is 20.3 Å². The van der Waals surface area contributed by atoms with Crippen LogP contribution in [0.5, 0.6) is 0 Å². The van der Waals surface area contributed by atoms with Crippen molar-refractivity contribution in [2.75, 3.05) is 25.6 Å². The topological polar surface area (TPSA) is 53.6 Å². The molecule has 1 unspecified atom stereocenters. The third kappa shape index (κ3) is 4.47. The summed E-state index contributed by atoms with van der Waals surface area (Å²) in [6, 6.07) is 3.87. The molecule has 1 aliphatic rings. The highest BCUT2D eigenvalue weighted by Gasteiger charge is 2.25. The lowest BCUT2D eigenvalue weighted by molar-refractivity contribution is 0.0239. The lowest BCUT2D eigenvalue weighted by Crippen LogP contribution is -2.50. The van der Waals surface area contributed by atoms with Gasteiger partial charge in [-0.05, 0) is 38.0 Å². The van der Waals surface area contributed by atoms with E-state index in [0.29, 0.717) is 6.61 Å². The van der Waals surface area contributed by atoms with Gasteiger partial charge in [-0.3, -0.25) is 0 Å². The maximum absolute atomic E-state index is 13.6. The van der Waals surface area contributed by atoms with E-state index in [9.17, 15) is 9.18 Å². The average molecular weight is 335 g/mol. The number of nitrogens with zero attached hydrogens (tertiary/aromatic N) is 1. The average Bonchev–Trinajstić information content (AvgIpc) is 2.54. The first-order valence-electron chi connectivity index (χ1n) is 8.20. The first-order valence-corrected chi connectivity index (χ1v) is 8.20. The lowest BCUT2D eigenvalue weighted by atomic mass is 10.0. The Morgan fingerprint density at radius 1 is 1.50 bits per heavy atom. The zero-order chi connectivity index (χ0) is 17.7. The lowest BCUT2D eigenvalue weighted by Gasteiger charge is -2.31. The number of anilines is 1. The van der Waals surface area contributed by atoms with Crippen LogP contribution in [-0.4, -0.2) is 38.9 Å². The molecule has 24 heavy (non-hydrogen) atoms. The summed E-state index contributed by atoms with van der Waals surface area (Å²) in [5, 5.41) is 5.81. The number of carbonyl (C=O) groups excluding carboxylic acids is 1. The molecule has 2 N–H and O–H groups in total. The Kier molecular flexibility index (Phi) is 6.20. The maximum Gasteiger partial charge on any atom is 0.315 e. The predicted octanol–water partition coefficient (Wildman–Crippen LogP) is 2.99. The fourth-order valence-corrected chi connectivity index (χ4v) is 2.95. The van der Waals surface area contributed by atoms with Crippen LogP contribution in [0, 0.1) is 5.82 Å². The van der Waals surface area contributed by atoms with Crippen molar-refractivity contribution in [3.63, 3.8) is 0 Å². The highest BCUT2D eigenvalue weighted by atomic mass is 19.1. The summed E-state index contributed by atoms with van der Waals surface area (Å²) in [5.74, 6) is -0.322. The molecule has 1 fully saturated rings. The second-order valence-electron chi connectivity index (χ2n) is 6.26. The van der Waals surface area contributed by atoms with Crippen LogP contribution in [-0.2, 0) is 4.74 Å². The van der Waals surface area contributed by atoms with Crippen LogP contribution in [0.1, 0.15) is 31.4 Å². The van der Waals surface area contributed by atoms with Crippen molar-refractivity contribution in [1.29, 1.82) is 0 Å². The van der Waals surface area contributed by atoms with Crippen molar-refractivity contribution in [2.45, 2.75) is 38.0 Å². The van der Waals surface area contributed by atoms with Gasteiger partial charge in [0.25, 0.3) is 0 Å². The standard InChI is InChI=1S/C18H26FN3O2/c1-5-17-15(7-6-10-24-17)21-18(23)20-12(2)14-11-13(19)8-9-16(14)22(3)4/h5,8-9,11-12,15,17H,1,6-7,10H2,2-4H3,(H2,20,21,23)/t12?,15-,17+/m1/s1. The Morgan fingerprint density at radius 3 is 2.92 bits per heavy atom. The Balaban J connectivity index is 2.03. The Labute approximate surface area is 142 Å². The summed E-state index contributed by atoms with van der Waals surface area (Å²) >= 11 is 0. The molecule has 0 saturated carbocycles. The molecular weight excluding hydrogens is 309 g/mol. The minimum atomic E-state index is -0.329. The first-order chi connectivity index (χ1) is 11.4. The second-order valence-corrected chi connectivity index (χ2v) is 6.26. The maximum atomic E-state index is 13.6. The summed E-state index contributed by atoms with van der Waals surface area (Å²) in [6.07, 6.45) is 3.29. The fourth-order valence-electron chi connectivity index (χ4n) is 2.95. The molecule has 0 aliphatic carbocycles. The summed E-state index contributed by atoms with van der Waals surface area (Å²) in [5.41, 5.74) is 1.60. The third-order valence-corrected chi connectivity index (χ3v) is 4.20. The predicted molar refractivity (Wildman–Crippen MR) is 93.8 cm³/mol. The van der Waals surface area contributed by atoms with Gasteiger partial charge in [0.2, 0.25) is 0 Å². The first kappa shape index (κ1) is 18.3. The number of nitrogens with one attached hydrogen (secondary N) is 2. The molecule has 1 aromatic rings. The van der Waals surface area contributed by atoms with E-state index in [1.165, 1.54) is 12.1 Å². The van der Waals surface area contributed by atoms with Crippen LogP contribution in [0.2, 0.25) is 0 Å². The zero-order valence-corrected chi connectivity index (χ0v) is 14.5. The van der Waals surface area contributed by atoms with Crippen molar-refractivity contribution < 1.29 is 13.9 Å². The van der Waals surface area contributed by atoms with E-state index in [4.69, 9.17) is 4.74 Å². The highest BCUT2D eigenvalue weighted by Crippen LogP contribution is 2.26. The normalized spacial score (nSPS) is 21.7. The molecule has 132 valence electrons. The number of hydrogen-bond acceptors (Lipinski definition) is 3. The van der Waals surface area contributed by atoms with Gasteiger partial charge in [-0.15, -0.1) is 6.58 Å². The van der Waals surface area contributed by atoms with Gasteiger partial charge in [0, 0.05) is 32.0 Å². The zero-order valence-electron chi connectivity index (χ0n) is 14.5. The summed E-state index contributed by atoms with van der Waals surface area (Å²) in [6.45, 7) is 6.27. The van der Waals surface area contributed by atoms with Crippen molar-refractivity contribution in [3.05, 3.63) is 42.2 Å². The van der Waals surface area contributed by atoms with E-state index in [-0.39, 0.29) is 30.0 Å². The Bertz CT molecular complexity index is 592. The number of amides is 2. The SMILES string of the molecule is C=C[C@@H]1OCCC[C@H]1NC(=O)NC(C)c1cc(F)ccc1N(C)C. The molecule has 1 aromatic carbocycles.